The quantitative estimate of drug-likeness (QED) is 0.530. The molecule has 1 aromatic heterocycles. The van der Waals surface area contributed by atoms with Gasteiger partial charge in [0, 0.05) is 9.58 Å². The van der Waals surface area contributed by atoms with E-state index >= 15 is 0 Å². The molecule has 5 heteroatoms. The monoisotopic (exact) mass is 340 g/mol. The summed E-state index contributed by atoms with van der Waals surface area (Å²) in [6.45, 7) is 1.73. The number of hydrogen-bond acceptors (Lipinski definition) is 3. The topological polar surface area (TPSA) is 66.6 Å². The predicted molar refractivity (Wildman–Crippen MR) is 97.3 cm³/mol. The van der Waals surface area contributed by atoms with Crippen LogP contribution in [0.25, 0.3) is 10.1 Å². The molecule has 2 amide bonds. The Balaban J connectivity index is 1.64. The summed E-state index contributed by atoms with van der Waals surface area (Å²) in [4.78, 5) is 12.4. The Bertz CT molecular complexity index is 809. The van der Waals surface area contributed by atoms with Crippen LogP contribution < -0.4 is 5.73 Å². The summed E-state index contributed by atoms with van der Waals surface area (Å²) in [6.07, 6.45) is 1.96. The smallest absolute Gasteiger partial charge is 0.339 e. The van der Waals surface area contributed by atoms with Crippen molar-refractivity contribution >= 4 is 27.5 Å². The van der Waals surface area contributed by atoms with Crippen LogP contribution in [0, 0.1) is 0 Å². The molecule has 4 nitrogen and oxygen atoms in total. The number of nitrogens with two attached hydrogens (primary N) is 1. The van der Waals surface area contributed by atoms with Gasteiger partial charge in [-0.2, -0.15) is 5.06 Å². The first kappa shape index (κ1) is 16.5. The lowest BCUT2D eigenvalue weighted by Gasteiger charge is -2.20. The highest BCUT2D eigenvalue weighted by atomic mass is 32.1. The molecule has 0 bridgehead atoms. The number of primary amides is 1. The second-order valence-electron chi connectivity index (χ2n) is 5.85. The first-order chi connectivity index (χ1) is 11.5. The number of hydroxylamine groups is 2. The first-order valence-electron chi connectivity index (χ1n) is 7.88. The summed E-state index contributed by atoms with van der Waals surface area (Å²) < 4.78 is 1.33. The second-order valence-corrected chi connectivity index (χ2v) is 7.02. The van der Waals surface area contributed by atoms with Crippen molar-refractivity contribution in [3.8, 4) is 0 Å². The molecular formula is C19H20N2O2S. The minimum absolute atomic E-state index is 0.459. The SMILES string of the molecule is CC(c1ccc(CCc2cc3ccccc3s2)cc1)N(O)C(N)=O. The summed E-state index contributed by atoms with van der Waals surface area (Å²) in [5.41, 5.74) is 7.16. The third kappa shape index (κ3) is 3.58. The van der Waals surface area contributed by atoms with Crippen molar-refractivity contribution in [1.29, 1.82) is 0 Å². The maximum Gasteiger partial charge on any atom is 0.339 e. The normalized spacial score (nSPS) is 12.2. The molecule has 0 aliphatic carbocycles. The molecule has 3 rings (SSSR count). The summed E-state index contributed by atoms with van der Waals surface area (Å²) in [5, 5.41) is 11.4. The predicted octanol–water partition coefficient (Wildman–Crippen LogP) is 4.52. The lowest BCUT2D eigenvalue weighted by atomic mass is 10.0. The molecule has 0 aliphatic heterocycles. The molecule has 1 unspecified atom stereocenters. The van der Waals surface area contributed by atoms with E-state index < -0.39 is 12.1 Å². The van der Waals surface area contributed by atoms with Gasteiger partial charge in [-0.15, -0.1) is 11.3 Å². The number of rotatable bonds is 5. The molecule has 124 valence electrons. The van der Waals surface area contributed by atoms with Crippen LogP contribution in [0.2, 0.25) is 0 Å². The second kappa shape index (κ2) is 7.03. The molecule has 2 aromatic carbocycles. The van der Waals surface area contributed by atoms with Gasteiger partial charge in [-0.1, -0.05) is 42.5 Å². The van der Waals surface area contributed by atoms with E-state index in [2.05, 4.69) is 30.3 Å². The average molecular weight is 340 g/mol. The van der Waals surface area contributed by atoms with E-state index in [4.69, 9.17) is 5.73 Å². The van der Waals surface area contributed by atoms with Gasteiger partial charge < -0.3 is 5.73 Å². The molecular weight excluding hydrogens is 320 g/mol. The molecule has 3 aromatic rings. The number of urea groups is 1. The number of aryl methyl sites for hydroxylation is 2. The van der Waals surface area contributed by atoms with E-state index in [0.29, 0.717) is 5.06 Å². The fourth-order valence-corrected chi connectivity index (χ4v) is 3.79. The summed E-state index contributed by atoms with van der Waals surface area (Å²) in [7, 11) is 0. The van der Waals surface area contributed by atoms with E-state index in [1.54, 1.807) is 6.92 Å². The fourth-order valence-electron chi connectivity index (χ4n) is 2.72. The van der Waals surface area contributed by atoms with Gasteiger partial charge in [0.2, 0.25) is 0 Å². The first-order valence-corrected chi connectivity index (χ1v) is 8.70. The number of carbonyl (C=O) groups excluding carboxylic acids is 1. The van der Waals surface area contributed by atoms with Gasteiger partial charge in [0.15, 0.2) is 0 Å². The minimum atomic E-state index is -0.851. The van der Waals surface area contributed by atoms with Gasteiger partial charge in [0.05, 0.1) is 6.04 Å². The van der Waals surface area contributed by atoms with E-state index in [0.717, 1.165) is 18.4 Å². The standard InChI is InChI=1S/C19H20N2O2S/c1-13(21(23)19(20)22)15-9-6-14(7-10-15)8-11-17-12-16-4-2-3-5-18(16)24-17/h2-7,9-10,12-13,23H,8,11H2,1H3,(H2,20,22). The Kier molecular flexibility index (Phi) is 4.83. The average Bonchev–Trinajstić information content (AvgIpc) is 3.02. The zero-order valence-electron chi connectivity index (χ0n) is 13.5. The molecule has 0 spiro atoms. The van der Waals surface area contributed by atoms with Gasteiger partial charge in [-0.05, 0) is 48.4 Å². The molecule has 0 radical (unpaired) electrons. The van der Waals surface area contributed by atoms with Crippen LogP contribution in [0.4, 0.5) is 4.79 Å². The van der Waals surface area contributed by atoms with E-state index in [-0.39, 0.29) is 0 Å². The summed E-state index contributed by atoms with van der Waals surface area (Å²) in [6, 6.07) is 17.3. The molecule has 3 N–H and O–H groups in total. The molecule has 1 heterocycles. The number of hydrogen-bond donors (Lipinski definition) is 2. The fraction of sp³-hybridized carbons (Fsp3) is 0.211. The van der Waals surface area contributed by atoms with Crippen LogP contribution >= 0.6 is 11.3 Å². The van der Waals surface area contributed by atoms with Crippen molar-refractivity contribution in [2.75, 3.05) is 0 Å². The van der Waals surface area contributed by atoms with Crippen LogP contribution in [0.3, 0.4) is 0 Å². The Morgan fingerprint density at radius 3 is 2.54 bits per heavy atom. The van der Waals surface area contributed by atoms with Crippen molar-refractivity contribution in [2.24, 2.45) is 5.73 Å². The highest BCUT2D eigenvalue weighted by molar-refractivity contribution is 7.19. The van der Waals surface area contributed by atoms with Crippen LogP contribution in [-0.4, -0.2) is 16.3 Å². The van der Waals surface area contributed by atoms with Gasteiger partial charge in [-0.25, -0.2) is 4.79 Å². The molecule has 0 fully saturated rings. The van der Waals surface area contributed by atoms with Gasteiger partial charge in [-0.3, -0.25) is 5.21 Å². The van der Waals surface area contributed by atoms with Crippen LogP contribution in [0.1, 0.15) is 29.0 Å². The van der Waals surface area contributed by atoms with Crippen molar-refractivity contribution < 1.29 is 10.0 Å². The number of fused-ring (bicyclic) bond motifs is 1. The Morgan fingerprint density at radius 1 is 1.17 bits per heavy atom. The molecule has 0 saturated carbocycles. The highest BCUT2D eigenvalue weighted by Gasteiger charge is 2.16. The summed E-state index contributed by atoms with van der Waals surface area (Å²) in [5.74, 6) is 0. The van der Waals surface area contributed by atoms with E-state index in [9.17, 15) is 10.0 Å². The summed E-state index contributed by atoms with van der Waals surface area (Å²) >= 11 is 1.84. The molecule has 24 heavy (non-hydrogen) atoms. The van der Waals surface area contributed by atoms with E-state index in [1.807, 2.05) is 35.6 Å². The number of benzene rings is 2. The van der Waals surface area contributed by atoms with Crippen LogP contribution in [0.15, 0.2) is 54.6 Å². The largest absolute Gasteiger partial charge is 0.350 e. The van der Waals surface area contributed by atoms with Crippen molar-refractivity contribution in [3.63, 3.8) is 0 Å². The van der Waals surface area contributed by atoms with Gasteiger partial charge in [0.25, 0.3) is 0 Å². The van der Waals surface area contributed by atoms with E-state index in [1.165, 1.54) is 20.5 Å². The van der Waals surface area contributed by atoms with Crippen LogP contribution in [0.5, 0.6) is 0 Å². The maximum absolute atomic E-state index is 11.0. The minimum Gasteiger partial charge on any atom is -0.350 e. The Labute approximate surface area is 145 Å². The van der Waals surface area contributed by atoms with Gasteiger partial charge >= 0.3 is 6.03 Å². The zero-order chi connectivity index (χ0) is 17.1. The lowest BCUT2D eigenvalue weighted by Crippen LogP contribution is -2.34. The molecule has 1 atom stereocenters. The third-order valence-corrected chi connectivity index (χ3v) is 5.37. The van der Waals surface area contributed by atoms with Gasteiger partial charge in [0.1, 0.15) is 0 Å². The Hall–Kier alpha value is -2.37. The molecule has 0 saturated heterocycles. The number of carbonyl (C=O) groups is 1. The number of amides is 2. The van der Waals surface area contributed by atoms with Crippen molar-refractivity contribution in [3.05, 3.63) is 70.6 Å². The highest BCUT2D eigenvalue weighted by Crippen LogP contribution is 2.26. The maximum atomic E-state index is 11.0. The van der Waals surface area contributed by atoms with Crippen molar-refractivity contribution in [2.45, 2.75) is 25.8 Å². The molecule has 0 aliphatic rings. The van der Waals surface area contributed by atoms with Crippen LogP contribution in [-0.2, 0) is 12.8 Å². The lowest BCUT2D eigenvalue weighted by molar-refractivity contribution is -0.0709. The number of nitrogens with zero attached hydrogens (tertiary/aromatic N) is 1. The third-order valence-electron chi connectivity index (χ3n) is 4.19. The zero-order valence-corrected chi connectivity index (χ0v) is 14.3. The number of thiophene rings is 1. The van der Waals surface area contributed by atoms with Crippen molar-refractivity contribution in [1.82, 2.24) is 5.06 Å². The Morgan fingerprint density at radius 2 is 1.88 bits per heavy atom.